The molecule has 3 rings (SSSR count). The molecular formula is C27H37N3O3. The third-order valence-corrected chi connectivity index (χ3v) is 5.98. The van der Waals surface area contributed by atoms with E-state index in [0.29, 0.717) is 23.6 Å². The average Bonchev–Trinajstić information content (AvgIpc) is 3.20. The molecule has 178 valence electrons. The summed E-state index contributed by atoms with van der Waals surface area (Å²) in [5.41, 5.74) is 2.81. The highest BCUT2D eigenvalue weighted by molar-refractivity contribution is 5.94. The number of carbonyl (C=O) groups excluding carboxylic acids is 1. The molecule has 2 aromatic carbocycles. The van der Waals surface area contributed by atoms with E-state index in [4.69, 9.17) is 14.5 Å². The van der Waals surface area contributed by atoms with Crippen molar-refractivity contribution in [1.29, 1.82) is 0 Å². The van der Waals surface area contributed by atoms with Crippen LogP contribution in [0.3, 0.4) is 0 Å². The number of amides is 1. The monoisotopic (exact) mass is 451 g/mol. The maximum absolute atomic E-state index is 12.6. The fraction of sp³-hybridized carbons (Fsp3) is 0.481. The summed E-state index contributed by atoms with van der Waals surface area (Å²) in [6.45, 7) is 3.84. The normalized spacial score (nSPS) is 11.0. The SMILES string of the molecule is CCCCCCCCn1c(CCCNC(=O)c2ccc(OC)c(OC)c2)nc2ccccc21. The molecule has 6 heteroatoms. The van der Waals surface area contributed by atoms with E-state index in [1.54, 1.807) is 32.4 Å². The lowest BCUT2D eigenvalue weighted by Gasteiger charge is -2.11. The summed E-state index contributed by atoms with van der Waals surface area (Å²) < 4.78 is 12.9. The first-order chi connectivity index (χ1) is 16.2. The zero-order valence-corrected chi connectivity index (χ0v) is 20.2. The van der Waals surface area contributed by atoms with E-state index >= 15 is 0 Å². The van der Waals surface area contributed by atoms with Crippen LogP contribution in [0.5, 0.6) is 11.5 Å². The molecule has 0 saturated carbocycles. The quantitative estimate of drug-likeness (QED) is 0.316. The summed E-state index contributed by atoms with van der Waals surface area (Å²) in [5, 5.41) is 3.01. The van der Waals surface area contributed by atoms with Crippen LogP contribution in [-0.2, 0) is 13.0 Å². The second-order valence-corrected chi connectivity index (χ2v) is 8.37. The van der Waals surface area contributed by atoms with Crippen LogP contribution in [0.4, 0.5) is 0 Å². The standard InChI is InChI=1S/C27H37N3O3/c1-4-5-6-7-8-11-19-30-23-14-10-9-13-22(23)29-26(30)15-12-18-28-27(31)21-16-17-24(32-2)25(20-21)33-3/h9-10,13-14,16-17,20H,4-8,11-12,15,18-19H2,1-3H3,(H,28,31). The van der Waals surface area contributed by atoms with Crippen molar-refractivity contribution in [2.75, 3.05) is 20.8 Å². The minimum absolute atomic E-state index is 0.114. The number of hydrogen-bond acceptors (Lipinski definition) is 4. The number of nitrogens with one attached hydrogen (secondary N) is 1. The average molecular weight is 452 g/mol. The number of unbranched alkanes of at least 4 members (excludes halogenated alkanes) is 5. The largest absolute Gasteiger partial charge is 0.493 e. The molecule has 0 aliphatic carbocycles. The van der Waals surface area contributed by atoms with E-state index in [0.717, 1.165) is 30.7 Å². The maximum atomic E-state index is 12.6. The number of nitrogens with zero attached hydrogens (tertiary/aromatic N) is 2. The minimum atomic E-state index is -0.114. The van der Waals surface area contributed by atoms with E-state index in [-0.39, 0.29) is 5.91 Å². The van der Waals surface area contributed by atoms with Crippen molar-refractivity contribution in [3.8, 4) is 11.5 Å². The van der Waals surface area contributed by atoms with Crippen molar-refractivity contribution in [3.05, 3.63) is 53.9 Å². The van der Waals surface area contributed by atoms with Crippen molar-refractivity contribution in [3.63, 3.8) is 0 Å². The van der Waals surface area contributed by atoms with Gasteiger partial charge in [-0.3, -0.25) is 4.79 Å². The number of ether oxygens (including phenoxy) is 2. The van der Waals surface area contributed by atoms with Crippen LogP contribution in [0.1, 0.15) is 68.1 Å². The highest BCUT2D eigenvalue weighted by atomic mass is 16.5. The summed E-state index contributed by atoms with van der Waals surface area (Å²) in [6.07, 6.45) is 9.33. The Balaban J connectivity index is 1.54. The molecule has 0 atom stereocenters. The van der Waals surface area contributed by atoms with Crippen molar-refractivity contribution in [1.82, 2.24) is 14.9 Å². The Morgan fingerprint density at radius 2 is 1.70 bits per heavy atom. The van der Waals surface area contributed by atoms with E-state index in [1.807, 2.05) is 6.07 Å². The Morgan fingerprint density at radius 1 is 0.939 bits per heavy atom. The predicted octanol–water partition coefficient (Wildman–Crippen LogP) is 5.78. The van der Waals surface area contributed by atoms with Gasteiger partial charge in [0.2, 0.25) is 0 Å². The number of aryl methyl sites for hydroxylation is 2. The summed E-state index contributed by atoms with van der Waals surface area (Å²) >= 11 is 0. The Labute approximate surface area is 197 Å². The summed E-state index contributed by atoms with van der Waals surface area (Å²) in [4.78, 5) is 17.4. The number of benzene rings is 2. The zero-order chi connectivity index (χ0) is 23.5. The zero-order valence-electron chi connectivity index (χ0n) is 20.2. The second kappa shape index (κ2) is 12.9. The summed E-state index contributed by atoms with van der Waals surface area (Å²) in [7, 11) is 3.15. The van der Waals surface area contributed by atoms with Crippen LogP contribution in [0.15, 0.2) is 42.5 Å². The van der Waals surface area contributed by atoms with Crippen LogP contribution in [0.2, 0.25) is 0 Å². The molecule has 1 amide bonds. The number of rotatable bonds is 14. The summed E-state index contributed by atoms with van der Waals surface area (Å²) in [5.74, 6) is 2.15. The highest BCUT2D eigenvalue weighted by Crippen LogP contribution is 2.27. The van der Waals surface area contributed by atoms with Gasteiger partial charge in [0.25, 0.3) is 5.91 Å². The minimum Gasteiger partial charge on any atom is -0.493 e. The van der Waals surface area contributed by atoms with Crippen LogP contribution >= 0.6 is 0 Å². The van der Waals surface area contributed by atoms with Crippen molar-refractivity contribution in [2.45, 2.75) is 64.8 Å². The first-order valence-corrected chi connectivity index (χ1v) is 12.1. The number of para-hydroxylation sites is 2. The van der Waals surface area contributed by atoms with Gasteiger partial charge in [0, 0.05) is 25.1 Å². The molecule has 1 aromatic heterocycles. The molecule has 0 aliphatic rings. The fourth-order valence-corrected chi connectivity index (χ4v) is 4.14. The van der Waals surface area contributed by atoms with Crippen LogP contribution in [0.25, 0.3) is 11.0 Å². The highest BCUT2D eigenvalue weighted by Gasteiger charge is 2.12. The fourth-order valence-electron chi connectivity index (χ4n) is 4.14. The molecule has 0 unspecified atom stereocenters. The molecule has 0 aliphatic heterocycles. The van der Waals surface area contributed by atoms with E-state index in [9.17, 15) is 4.79 Å². The van der Waals surface area contributed by atoms with Crippen LogP contribution in [-0.4, -0.2) is 36.2 Å². The van der Waals surface area contributed by atoms with Crippen LogP contribution < -0.4 is 14.8 Å². The molecule has 0 bridgehead atoms. The summed E-state index contributed by atoms with van der Waals surface area (Å²) in [6, 6.07) is 13.5. The number of imidazole rings is 1. The molecular weight excluding hydrogens is 414 g/mol. The van der Waals surface area contributed by atoms with Gasteiger partial charge in [-0.1, -0.05) is 51.2 Å². The first-order valence-electron chi connectivity index (χ1n) is 12.1. The van der Waals surface area contributed by atoms with E-state index in [2.05, 4.69) is 35.0 Å². The van der Waals surface area contributed by atoms with Gasteiger partial charge in [-0.05, 0) is 43.2 Å². The van der Waals surface area contributed by atoms with E-state index < -0.39 is 0 Å². The molecule has 6 nitrogen and oxygen atoms in total. The molecule has 3 aromatic rings. The van der Waals surface area contributed by atoms with Gasteiger partial charge in [-0.25, -0.2) is 4.98 Å². The van der Waals surface area contributed by atoms with Gasteiger partial charge < -0.3 is 19.4 Å². The molecule has 0 spiro atoms. The number of hydrogen-bond donors (Lipinski definition) is 1. The smallest absolute Gasteiger partial charge is 0.251 e. The Hall–Kier alpha value is -3.02. The maximum Gasteiger partial charge on any atom is 0.251 e. The lowest BCUT2D eigenvalue weighted by molar-refractivity contribution is 0.0952. The van der Waals surface area contributed by atoms with Gasteiger partial charge >= 0.3 is 0 Å². The Morgan fingerprint density at radius 3 is 2.48 bits per heavy atom. The molecule has 0 fully saturated rings. The number of carbonyl (C=O) groups is 1. The van der Waals surface area contributed by atoms with E-state index in [1.165, 1.54) is 44.0 Å². The topological polar surface area (TPSA) is 65.4 Å². The van der Waals surface area contributed by atoms with Gasteiger partial charge in [0.05, 0.1) is 25.3 Å². The molecule has 0 saturated heterocycles. The Kier molecular flexibility index (Phi) is 9.60. The molecule has 0 radical (unpaired) electrons. The number of fused-ring (bicyclic) bond motifs is 1. The Bertz CT molecular complexity index is 1030. The third kappa shape index (κ3) is 6.73. The lowest BCUT2D eigenvalue weighted by atomic mass is 10.1. The van der Waals surface area contributed by atoms with Crippen molar-refractivity contribution >= 4 is 16.9 Å². The molecule has 1 N–H and O–H groups in total. The van der Waals surface area contributed by atoms with Gasteiger partial charge in [0.1, 0.15) is 5.82 Å². The number of methoxy groups -OCH3 is 2. The van der Waals surface area contributed by atoms with Gasteiger partial charge in [-0.15, -0.1) is 0 Å². The van der Waals surface area contributed by atoms with Gasteiger partial charge in [-0.2, -0.15) is 0 Å². The van der Waals surface area contributed by atoms with Crippen molar-refractivity contribution < 1.29 is 14.3 Å². The number of aromatic nitrogens is 2. The van der Waals surface area contributed by atoms with Crippen molar-refractivity contribution in [2.24, 2.45) is 0 Å². The molecule has 1 heterocycles. The van der Waals surface area contributed by atoms with Crippen LogP contribution in [0, 0.1) is 0 Å². The first kappa shape index (κ1) is 24.6. The predicted molar refractivity (Wildman–Crippen MR) is 133 cm³/mol. The second-order valence-electron chi connectivity index (χ2n) is 8.37. The third-order valence-electron chi connectivity index (χ3n) is 5.98. The lowest BCUT2D eigenvalue weighted by Crippen LogP contribution is -2.25. The molecule has 33 heavy (non-hydrogen) atoms. The van der Waals surface area contributed by atoms with Gasteiger partial charge in [0.15, 0.2) is 11.5 Å².